The minimum Gasteiger partial charge on any atom is -0.349 e. The standard InChI is InChI=1S/C8H7ClN2O/c1-11-4-5(9)7-6(11)2-3-10-8(7)12/h2-4H,1H3,(H,10,12). The molecule has 2 rings (SSSR count). The van der Waals surface area contributed by atoms with Crippen molar-refractivity contribution in [2.75, 3.05) is 0 Å². The Balaban J connectivity index is 3.09. The molecule has 0 fully saturated rings. The monoisotopic (exact) mass is 182 g/mol. The van der Waals surface area contributed by atoms with Gasteiger partial charge in [-0.1, -0.05) is 11.6 Å². The van der Waals surface area contributed by atoms with Crippen LogP contribution in [0.2, 0.25) is 5.02 Å². The number of hydrogen-bond acceptors (Lipinski definition) is 1. The van der Waals surface area contributed by atoms with Crippen LogP contribution in [-0.4, -0.2) is 9.55 Å². The van der Waals surface area contributed by atoms with Crippen LogP contribution < -0.4 is 5.56 Å². The minimum absolute atomic E-state index is 0.141. The molecule has 2 aromatic heterocycles. The van der Waals surface area contributed by atoms with Crippen molar-refractivity contribution < 1.29 is 0 Å². The highest BCUT2D eigenvalue weighted by atomic mass is 35.5. The Morgan fingerprint density at radius 1 is 1.58 bits per heavy atom. The van der Waals surface area contributed by atoms with Crippen molar-refractivity contribution in [1.82, 2.24) is 9.55 Å². The molecule has 2 aromatic rings. The van der Waals surface area contributed by atoms with E-state index in [9.17, 15) is 4.79 Å². The van der Waals surface area contributed by atoms with Crippen molar-refractivity contribution in [2.45, 2.75) is 0 Å². The van der Waals surface area contributed by atoms with Gasteiger partial charge in [-0.3, -0.25) is 4.79 Å². The molecule has 62 valence electrons. The number of nitrogens with zero attached hydrogens (tertiary/aromatic N) is 1. The summed E-state index contributed by atoms with van der Waals surface area (Å²) in [5, 5.41) is 1.05. The summed E-state index contributed by atoms with van der Waals surface area (Å²) in [6, 6.07) is 1.82. The molecule has 0 aromatic carbocycles. The zero-order valence-electron chi connectivity index (χ0n) is 6.47. The zero-order valence-corrected chi connectivity index (χ0v) is 7.22. The molecule has 0 bridgehead atoms. The fraction of sp³-hybridized carbons (Fsp3) is 0.125. The molecule has 0 radical (unpaired) electrons. The maximum absolute atomic E-state index is 11.3. The van der Waals surface area contributed by atoms with Gasteiger partial charge < -0.3 is 9.55 Å². The van der Waals surface area contributed by atoms with E-state index in [1.807, 2.05) is 17.7 Å². The maximum atomic E-state index is 11.3. The molecule has 12 heavy (non-hydrogen) atoms. The van der Waals surface area contributed by atoms with Crippen molar-refractivity contribution >= 4 is 22.5 Å². The highest BCUT2D eigenvalue weighted by molar-refractivity contribution is 6.35. The summed E-state index contributed by atoms with van der Waals surface area (Å²) < 4.78 is 1.83. The molecule has 0 atom stereocenters. The molecule has 0 amide bonds. The smallest absolute Gasteiger partial charge is 0.258 e. The Kier molecular flexibility index (Phi) is 1.48. The summed E-state index contributed by atoms with van der Waals surface area (Å²) in [4.78, 5) is 13.8. The van der Waals surface area contributed by atoms with E-state index < -0.39 is 0 Å². The van der Waals surface area contributed by atoms with E-state index in [0.717, 1.165) is 5.52 Å². The van der Waals surface area contributed by atoms with Crippen LogP contribution in [-0.2, 0) is 7.05 Å². The van der Waals surface area contributed by atoms with Crippen LogP contribution in [0.15, 0.2) is 23.3 Å². The summed E-state index contributed by atoms with van der Waals surface area (Å²) in [5.41, 5.74) is 0.710. The molecule has 2 heterocycles. The van der Waals surface area contributed by atoms with Crippen molar-refractivity contribution in [3.63, 3.8) is 0 Å². The van der Waals surface area contributed by atoms with Crippen LogP contribution in [0.1, 0.15) is 0 Å². The molecule has 0 saturated carbocycles. The van der Waals surface area contributed by atoms with E-state index in [4.69, 9.17) is 11.6 Å². The van der Waals surface area contributed by atoms with Crippen LogP contribution in [0.25, 0.3) is 10.9 Å². The van der Waals surface area contributed by atoms with E-state index in [2.05, 4.69) is 4.98 Å². The summed E-state index contributed by atoms with van der Waals surface area (Å²) >= 11 is 5.84. The van der Waals surface area contributed by atoms with Gasteiger partial charge in [0, 0.05) is 19.4 Å². The predicted octanol–water partition coefficient (Wildman–Crippen LogP) is 1.52. The van der Waals surface area contributed by atoms with Crippen LogP contribution in [0.4, 0.5) is 0 Å². The van der Waals surface area contributed by atoms with Crippen LogP contribution in [0, 0.1) is 0 Å². The minimum atomic E-state index is -0.141. The lowest BCUT2D eigenvalue weighted by molar-refractivity contribution is 0.967. The Hall–Kier alpha value is -1.22. The topological polar surface area (TPSA) is 37.8 Å². The summed E-state index contributed by atoms with van der Waals surface area (Å²) in [7, 11) is 1.85. The lowest BCUT2D eigenvalue weighted by Crippen LogP contribution is -2.03. The molecule has 0 aliphatic rings. The number of aromatic amines is 1. The highest BCUT2D eigenvalue weighted by Gasteiger charge is 2.06. The zero-order chi connectivity index (χ0) is 8.72. The number of fused-ring (bicyclic) bond motifs is 1. The van der Waals surface area contributed by atoms with Gasteiger partial charge in [0.25, 0.3) is 5.56 Å². The Bertz CT molecular complexity index is 483. The van der Waals surface area contributed by atoms with E-state index >= 15 is 0 Å². The fourth-order valence-electron chi connectivity index (χ4n) is 1.30. The predicted molar refractivity (Wildman–Crippen MR) is 48.5 cm³/mol. The SMILES string of the molecule is Cn1cc(Cl)c2c(=O)[nH]ccc21. The first-order valence-corrected chi connectivity index (χ1v) is 3.90. The summed E-state index contributed by atoms with van der Waals surface area (Å²) in [6.07, 6.45) is 3.34. The molecular weight excluding hydrogens is 176 g/mol. The Labute approximate surface area is 73.6 Å². The van der Waals surface area contributed by atoms with Crippen molar-refractivity contribution in [1.29, 1.82) is 0 Å². The third kappa shape index (κ3) is 0.865. The first-order valence-electron chi connectivity index (χ1n) is 3.52. The normalized spacial score (nSPS) is 10.8. The van der Waals surface area contributed by atoms with Gasteiger partial charge in [-0.25, -0.2) is 0 Å². The Morgan fingerprint density at radius 3 is 3.00 bits per heavy atom. The van der Waals surface area contributed by atoms with E-state index in [1.165, 1.54) is 0 Å². The van der Waals surface area contributed by atoms with E-state index in [1.54, 1.807) is 12.4 Å². The van der Waals surface area contributed by atoms with Crippen molar-refractivity contribution in [3.05, 3.63) is 33.8 Å². The number of aromatic nitrogens is 2. The molecular formula is C8H7ClN2O. The number of hydrogen-bond donors (Lipinski definition) is 1. The molecule has 0 spiro atoms. The van der Waals surface area contributed by atoms with Crippen LogP contribution in [0.3, 0.4) is 0 Å². The van der Waals surface area contributed by atoms with E-state index in [-0.39, 0.29) is 5.56 Å². The first kappa shape index (κ1) is 7.43. The maximum Gasteiger partial charge on any atom is 0.258 e. The van der Waals surface area contributed by atoms with Crippen LogP contribution >= 0.6 is 11.6 Å². The van der Waals surface area contributed by atoms with Gasteiger partial charge in [0.2, 0.25) is 0 Å². The van der Waals surface area contributed by atoms with Gasteiger partial charge in [0.05, 0.1) is 15.9 Å². The third-order valence-electron chi connectivity index (χ3n) is 1.86. The highest BCUT2D eigenvalue weighted by Crippen LogP contribution is 2.20. The second kappa shape index (κ2) is 2.38. The average Bonchev–Trinajstić information content (AvgIpc) is 2.29. The lowest BCUT2D eigenvalue weighted by Gasteiger charge is -1.92. The lowest BCUT2D eigenvalue weighted by atomic mass is 10.3. The number of halogens is 1. The second-order valence-electron chi connectivity index (χ2n) is 2.65. The van der Waals surface area contributed by atoms with Gasteiger partial charge in [0.1, 0.15) is 0 Å². The number of rotatable bonds is 0. The van der Waals surface area contributed by atoms with Gasteiger partial charge in [-0.05, 0) is 6.07 Å². The average molecular weight is 183 g/mol. The molecule has 1 N–H and O–H groups in total. The van der Waals surface area contributed by atoms with Crippen LogP contribution in [0.5, 0.6) is 0 Å². The quantitative estimate of drug-likeness (QED) is 0.659. The number of H-pyrrole nitrogens is 1. The molecule has 0 unspecified atom stereocenters. The Morgan fingerprint density at radius 2 is 2.33 bits per heavy atom. The number of aryl methyl sites for hydroxylation is 1. The fourth-order valence-corrected chi connectivity index (χ4v) is 1.63. The first-order chi connectivity index (χ1) is 5.70. The van der Waals surface area contributed by atoms with Gasteiger partial charge in [0.15, 0.2) is 0 Å². The molecule has 0 aliphatic carbocycles. The third-order valence-corrected chi connectivity index (χ3v) is 2.15. The molecule has 4 heteroatoms. The summed E-state index contributed by atoms with van der Waals surface area (Å²) in [5.74, 6) is 0. The number of nitrogens with one attached hydrogen (secondary N) is 1. The van der Waals surface area contributed by atoms with E-state index in [0.29, 0.717) is 10.4 Å². The van der Waals surface area contributed by atoms with Gasteiger partial charge in [-0.15, -0.1) is 0 Å². The largest absolute Gasteiger partial charge is 0.349 e. The van der Waals surface area contributed by atoms with Gasteiger partial charge >= 0.3 is 0 Å². The summed E-state index contributed by atoms with van der Waals surface area (Å²) in [6.45, 7) is 0. The van der Waals surface area contributed by atoms with Crippen molar-refractivity contribution in [2.24, 2.45) is 7.05 Å². The second-order valence-corrected chi connectivity index (χ2v) is 3.06. The van der Waals surface area contributed by atoms with Gasteiger partial charge in [-0.2, -0.15) is 0 Å². The molecule has 0 aliphatic heterocycles. The number of pyridine rings is 1. The molecule has 3 nitrogen and oxygen atoms in total. The molecule has 0 saturated heterocycles. The van der Waals surface area contributed by atoms with Crippen molar-refractivity contribution in [3.8, 4) is 0 Å².